The minimum Gasteiger partial charge on any atom is -0.467 e. The monoisotopic (exact) mass is 285 g/mol. The summed E-state index contributed by atoms with van der Waals surface area (Å²) in [5, 5.41) is 19.8. The highest BCUT2D eigenvalue weighted by atomic mass is 35.5. The van der Waals surface area contributed by atoms with Gasteiger partial charge in [0.05, 0.1) is 18.8 Å². The minimum absolute atomic E-state index is 0.243. The van der Waals surface area contributed by atoms with Crippen LogP contribution in [0.2, 0.25) is 5.02 Å². The number of β-amino-alcohol motifs (C(OH)–C–C–N with tert-alkyl or cyclic N) is 2. The summed E-state index contributed by atoms with van der Waals surface area (Å²) in [7, 11) is 0. The zero-order valence-corrected chi connectivity index (χ0v) is 11.1. The molecule has 0 bridgehead atoms. The number of rotatable bonds is 2. The molecule has 19 heavy (non-hydrogen) atoms. The number of aliphatic hydroxyl groups is 2. The third-order valence-electron chi connectivity index (χ3n) is 3.48. The van der Waals surface area contributed by atoms with Crippen LogP contribution in [0.1, 0.15) is 11.1 Å². The van der Waals surface area contributed by atoms with Crippen LogP contribution in [-0.4, -0.2) is 47.2 Å². The third-order valence-corrected chi connectivity index (χ3v) is 3.70. The standard InChI is InChI=1S/C13H16ClNO4/c14-10-1-8(3-15-4-11(16)12(17)5-15)13-9(2-10)6-18-7-19-13/h1-2,11-12,16-17H,3-7H2/t11-,12+. The number of halogens is 1. The van der Waals surface area contributed by atoms with Gasteiger partial charge in [-0.05, 0) is 12.1 Å². The van der Waals surface area contributed by atoms with Crippen molar-refractivity contribution in [3.63, 3.8) is 0 Å². The molecule has 2 aliphatic heterocycles. The average molecular weight is 286 g/mol. The lowest BCUT2D eigenvalue weighted by Gasteiger charge is -2.23. The maximum absolute atomic E-state index is 9.57. The fraction of sp³-hybridized carbons (Fsp3) is 0.538. The summed E-state index contributed by atoms with van der Waals surface area (Å²) >= 11 is 6.10. The van der Waals surface area contributed by atoms with Crippen molar-refractivity contribution in [3.05, 3.63) is 28.3 Å². The average Bonchev–Trinajstić information content (AvgIpc) is 2.68. The van der Waals surface area contributed by atoms with Crippen molar-refractivity contribution in [3.8, 4) is 5.75 Å². The molecule has 1 saturated heterocycles. The Bertz CT molecular complexity index is 472. The molecule has 0 aliphatic carbocycles. The van der Waals surface area contributed by atoms with Gasteiger partial charge in [-0.15, -0.1) is 0 Å². The predicted molar refractivity (Wildman–Crippen MR) is 69.0 cm³/mol. The van der Waals surface area contributed by atoms with Crippen LogP contribution in [0.5, 0.6) is 5.75 Å². The number of nitrogens with zero attached hydrogens (tertiary/aromatic N) is 1. The van der Waals surface area contributed by atoms with Crippen molar-refractivity contribution in [2.45, 2.75) is 25.4 Å². The Morgan fingerprint density at radius 3 is 2.74 bits per heavy atom. The Balaban J connectivity index is 1.82. The Hall–Kier alpha value is -0.850. The van der Waals surface area contributed by atoms with Crippen molar-refractivity contribution < 1.29 is 19.7 Å². The van der Waals surface area contributed by atoms with Gasteiger partial charge in [0, 0.05) is 35.8 Å². The SMILES string of the molecule is O[C@@H]1CN(Cc2cc(Cl)cc3c2OCOC3)C[C@@H]1O. The van der Waals surface area contributed by atoms with E-state index in [4.69, 9.17) is 21.1 Å². The van der Waals surface area contributed by atoms with E-state index in [1.54, 1.807) is 0 Å². The number of hydrogen-bond acceptors (Lipinski definition) is 5. The van der Waals surface area contributed by atoms with Crippen LogP contribution in [0, 0.1) is 0 Å². The fourth-order valence-corrected chi connectivity index (χ4v) is 2.85. The molecule has 2 heterocycles. The topological polar surface area (TPSA) is 62.2 Å². The highest BCUT2D eigenvalue weighted by Crippen LogP contribution is 2.33. The van der Waals surface area contributed by atoms with Gasteiger partial charge < -0.3 is 19.7 Å². The van der Waals surface area contributed by atoms with Gasteiger partial charge in [-0.1, -0.05) is 11.6 Å². The third kappa shape index (κ3) is 2.70. The van der Waals surface area contributed by atoms with E-state index in [0.29, 0.717) is 31.3 Å². The van der Waals surface area contributed by atoms with E-state index in [1.165, 1.54) is 0 Å². The lowest BCUT2D eigenvalue weighted by atomic mass is 10.1. The van der Waals surface area contributed by atoms with Crippen LogP contribution in [0.4, 0.5) is 0 Å². The number of aliphatic hydroxyl groups excluding tert-OH is 2. The Morgan fingerprint density at radius 2 is 2.00 bits per heavy atom. The van der Waals surface area contributed by atoms with Gasteiger partial charge in [-0.2, -0.15) is 0 Å². The molecule has 104 valence electrons. The summed E-state index contributed by atoms with van der Waals surface area (Å²) in [6.45, 7) is 2.25. The van der Waals surface area contributed by atoms with E-state index in [1.807, 2.05) is 17.0 Å². The van der Waals surface area contributed by atoms with Crippen molar-refractivity contribution in [2.24, 2.45) is 0 Å². The second kappa shape index (κ2) is 5.26. The summed E-state index contributed by atoms with van der Waals surface area (Å²) in [6.07, 6.45) is -1.36. The summed E-state index contributed by atoms with van der Waals surface area (Å²) in [5.41, 5.74) is 1.90. The van der Waals surface area contributed by atoms with E-state index in [9.17, 15) is 10.2 Å². The van der Waals surface area contributed by atoms with Crippen LogP contribution in [-0.2, 0) is 17.9 Å². The Morgan fingerprint density at radius 1 is 1.26 bits per heavy atom. The molecule has 1 aromatic carbocycles. The van der Waals surface area contributed by atoms with Crippen molar-refractivity contribution in [1.29, 1.82) is 0 Å². The van der Waals surface area contributed by atoms with E-state index in [-0.39, 0.29) is 6.79 Å². The molecule has 0 radical (unpaired) electrons. The summed E-state index contributed by atoms with van der Waals surface area (Å²) in [6, 6.07) is 3.70. The first-order valence-corrected chi connectivity index (χ1v) is 6.61. The summed E-state index contributed by atoms with van der Waals surface area (Å²) < 4.78 is 10.8. The first-order chi connectivity index (χ1) is 9.13. The minimum atomic E-state index is -0.681. The lowest BCUT2D eigenvalue weighted by Crippen LogP contribution is -2.23. The number of fused-ring (bicyclic) bond motifs is 1. The molecule has 0 spiro atoms. The van der Waals surface area contributed by atoms with E-state index in [0.717, 1.165) is 16.9 Å². The van der Waals surface area contributed by atoms with E-state index >= 15 is 0 Å². The molecule has 3 rings (SSSR count). The molecule has 1 fully saturated rings. The van der Waals surface area contributed by atoms with Crippen LogP contribution < -0.4 is 4.74 Å². The van der Waals surface area contributed by atoms with E-state index in [2.05, 4.69) is 0 Å². The first-order valence-electron chi connectivity index (χ1n) is 6.24. The fourth-order valence-electron chi connectivity index (χ4n) is 2.59. The van der Waals surface area contributed by atoms with Gasteiger partial charge in [0.25, 0.3) is 0 Å². The van der Waals surface area contributed by atoms with Gasteiger partial charge in [-0.3, -0.25) is 4.90 Å². The quantitative estimate of drug-likeness (QED) is 0.839. The molecular weight excluding hydrogens is 270 g/mol. The molecule has 0 saturated carbocycles. The van der Waals surface area contributed by atoms with Gasteiger partial charge >= 0.3 is 0 Å². The van der Waals surface area contributed by atoms with E-state index < -0.39 is 12.2 Å². The van der Waals surface area contributed by atoms with Crippen molar-refractivity contribution in [2.75, 3.05) is 19.9 Å². The molecular formula is C13H16ClNO4. The smallest absolute Gasteiger partial charge is 0.189 e. The highest BCUT2D eigenvalue weighted by Gasteiger charge is 2.30. The molecule has 1 aromatic rings. The van der Waals surface area contributed by atoms with Gasteiger partial charge in [0.1, 0.15) is 5.75 Å². The van der Waals surface area contributed by atoms with Gasteiger partial charge in [-0.25, -0.2) is 0 Å². The molecule has 5 nitrogen and oxygen atoms in total. The second-order valence-electron chi connectivity index (χ2n) is 4.99. The van der Waals surface area contributed by atoms with Crippen molar-refractivity contribution in [1.82, 2.24) is 4.90 Å². The second-order valence-corrected chi connectivity index (χ2v) is 5.43. The zero-order valence-electron chi connectivity index (χ0n) is 10.4. The summed E-state index contributed by atoms with van der Waals surface area (Å²) in [4.78, 5) is 1.99. The Kier molecular flexibility index (Phi) is 3.64. The van der Waals surface area contributed by atoms with Crippen LogP contribution in [0.15, 0.2) is 12.1 Å². The van der Waals surface area contributed by atoms with Gasteiger partial charge in [0.2, 0.25) is 0 Å². The molecule has 0 amide bonds. The summed E-state index contributed by atoms with van der Waals surface area (Å²) in [5.74, 6) is 0.812. The number of benzene rings is 1. The molecule has 2 atom stereocenters. The highest BCUT2D eigenvalue weighted by molar-refractivity contribution is 6.30. The first kappa shape index (κ1) is 13.1. The maximum Gasteiger partial charge on any atom is 0.189 e. The van der Waals surface area contributed by atoms with Crippen LogP contribution in [0.3, 0.4) is 0 Å². The number of hydrogen-bond donors (Lipinski definition) is 2. The zero-order chi connectivity index (χ0) is 13.4. The van der Waals surface area contributed by atoms with Crippen LogP contribution >= 0.6 is 11.6 Å². The normalized spacial score (nSPS) is 27.1. The number of likely N-dealkylation sites (tertiary alicyclic amines) is 1. The Labute approximate surface area is 116 Å². The molecule has 2 N–H and O–H groups in total. The largest absolute Gasteiger partial charge is 0.467 e. The molecule has 0 unspecified atom stereocenters. The molecule has 0 aromatic heterocycles. The molecule has 6 heteroatoms. The molecule has 2 aliphatic rings. The van der Waals surface area contributed by atoms with Crippen LogP contribution in [0.25, 0.3) is 0 Å². The van der Waals surface area contributed by atoms with Crippen molar-refractivity contribution >= 4 is 11.6 Å². The van der Waals surface area contributed by atoms with Gasteiger partial charge in [0.15, 0.2) is 6.79 Å². The lowest BCUT2D eigenvalue weighted by molar-refractivity contribution is -0.0174. The predicted octanol–water partition coefficient (Wildman–Crippen LogP) is 0.744. The number of ether oxygens (including phenoxy) is 2. The maximum atomic E-state index is 9.57.